The smallest absolute Gasteiger partial charge is 0.321 e. The fourth-order valence-corrected chi connectivity index (χ4v) is 5.67. The molecule has 2 heterocycles. The van der Waals surface area contributed by atoms with Crippen molar-refractivity contribution in [2.45, 2.75) is 76.8 Å². The van der Waals surface area contributed by atoms with Gasteiger partial charge in [-0.05, 0) is 43.2 Å². The van der Waals surface area contributed by atoms with Gasteiger partial charge >= 0.3 is 5.92 Å². The normalized spacial score (nSPS) is 25.9. The van der Waals surface area contributed by atoms with E-state index in [4.69, 9.17) is 4.74 Å². The number of nitrogens with one attached hydrogen (secondary N) is 3. The van der Waals surface area contributed by atoms with Crippen LogP contribution in [0.2, 0.25) is 0 Å². The SMILES string of the molecule is CC(F)(F)C(=O)NC(C(=O)N1CC2C(C1C(=O)NC(C#N)C[C@@H]1Oc3ccc(F)cc3NC1=O)C2(C)C)C(C)(C)O. The minimum Gasteiger partial charge on any atom is -0.478 e. The molecule has 11 nitrogen and oxygen atoms in total. The number of ether oxygens (including phenoxy) is 1. The number of hydrogen-bond acceptors (Lipinski definition) is 7. The lowest BCUT2D eigenvalue weighted by Crippen LogP contribution is -2.63. The summed E-state index contributed by atoms with van der Waals surface area (Å²) in [5.41, 5.74) is -2.18. The van der Waals surface area contributed by atoms with Crippen LogP contribution in [0.15, 0.2) is 18.2 Å². The number of fused-ring (bicyclic) bond motifs is 2. The fraction of sp³-hybridized carbons (Fsp3) is 0.593. The number of carbonyl (C=O) groups excluding carboxylic acids is 4. The number of piperidine rings is 1. The van der Waals surface area contributed by atoms with E-state index in [2.05, 4.69) is 10.6 Å². The number of amides is 4. The van der Waals surface area contributed by atoms with Crippen molar-refractivity contribution < 1.29 is 42.2 Å². The highest BCUT2D eigenvalue weighted by atomic mass is 19.3. The van der Waals surface area contributed by atoms with E-state index < -0.39 is 65.2 Å². The van der Waals surface area contributed by atoms with Crippen LogP contribution in [0.25, 0.3) is 0 Å². The lowest BCUT2D eigenvalue weighted by molar-refractivity contribution is -0.154. The highest BCUT2D eigenvalue weighted by Crippen LogP contribution is 2.65. The zero-order valence-electron chi connectivity index (χ0n) is 23.1. The summed E-state index contributed by atoms with van der Waals surface area (Å²) in [5.74, 6) is -8.73. The third-order valence-corrected chi connectivity index (χ3v) is 8.07. The Morgan fingerprint density at radius 2 is 1.93 bits per heavy atom. The maximum Gasteiger partial charge on any atom is 0.321 e. The first-order chi connectivity index (χ1) is 18.9. The topological polar surface area (TPSA) is 161 Å². The number of nitrogens with zero attached hydrogens (tertiary/aromatic N) is 2. The van der Waals surface area contributed by atoms with Crippen LogP contribution in [0.5, 0.6) is 5.75 Å². The van der Waals surface area contributed by atoms with Gasteiger partial charge in [-0.15, -0.1) is 0 Å². The maximum atomic E-state index is 13.6. The second kappa shape index (κ2) is 10.2. The molecule has 5 unspecified atom stereocenters. The summed E-state index contributed by atoms with van der Waals surface area (Å²) in [5, 5.41) is 27.3. The first-order valence-electron chi connectivity index (χ1n) is 13.0. The number of rotatable bonds is 8. The highest BCUT2D eigenvalue weighted by molar-refractivity contribution is 5.98. The molecule has 2 aliphatic heterocycles. The number of nitriles is 1. The number of aliphatic hydroxyl groups is 1. The molecule has 41 heavy (non-hydrogen) atoms. The van der Waals surface area contributed by atoms with Gasteiger partial charge in [0.05, 0.1) is 17.4 Å². The van der Waals surface area contributed by atoms with Crippen LogP contribution < -0.4 is 20.7 Å². The van der Waals surface area contributed by atoms with E-state index in [1.807, 2.05) is 25.2 Å². The molecule has 4 amide bonds. The summed E-state index contributed by atoms with van der Waals surface area (Å²) in [4.78, 5) is 52.8. The van der Waals surface area contributed by atoms with Crippen molar-refractivity contribution in [3.05, 3.63) is 24.0 Å². The Kier molecular flexibility index (Phi) is 7.49. The van der Waals surface area contributed by atoms with Crippen LogP contribution in [-0.4, -0.2) is 75.9 Å². The van der Waals surface area contributed by atoms with Gasteiger partial charge in [-0.1, -0.05) is 13.8 Å². The molecular weight excluding hydrogens is 547 g/mol. The van der Waals surface area contributed by atoms with E-state index in [-0.39, 0.29) is 41.7 Å². The summed E-state index contributed by atoms with van der Waals surface area (Å²) in [6, 6.07) is 1.29. The lowest BCUT2D eigenvalue weighted by atomic mass is 9.94. The van der Waals surface area contributed by atoms with Gasteiger partial charge in [0.2, 0.25) is 11.8 Å². The molecule has 0 aromatic heterocycles. The van der Waals surface area contributed by atoms with Gasteiger partial charge in [-0.2, -0.15) is 14.0 Å². The summed E-state index contributed by atoms with van der Waals surface area (Å²) in [6.07, 6.45) is -1.45. The Bertz CT molecular complexity index is 1320. The summed E-state index contributed by atoms with van der Waals surface area (Å²) in [6.45, 7) is 6.57. The second-order valence-electron chi connectivity index (χ2n) is 12.0. The average Bonchev–Trinajstić information content (AvgIpc) is 3.18. The zero-order chi connectivity index (χ0) is 30.7. The fourth-order valence-electron chi connectivity index (χ4n) is 5.67. The van der Waals surface area contributed by atoms with Crippen molar-refractivity contribution in [3.8, 4) is 11.8 Å². The van der Waals surface area contributed by atoms with Crippen molar-refractivity contribution >= 4 is 29.3 Å². The Morgan fingerprint density at radius 1 is 1.27 bits per heavy atom. The maximum absolute atomic E-state index is 13.6. The monoisotopic (exact) mass is 579 g/mol. The van der Waals surface area contributed by atoms with Gasteiger partial charge in [0, 0.05) is 26.0 Å². The first kappa shape index (κ1) is 30.1. The third kappa shape index (κ3) is 5.81. The Hall–Kier alpha value is -3.86. The molecule has 1 saturated carbocycles. The summed E-state index contributed by atoms with van der Waals surface area (Å²) >= 11 is 0. The predicted octanol–water partition coefficient (Wildman–Crippen LogP) is 1.32. The first-order valence-corrected chi connectivity index (χ1v) is 13.0. The number of halogens is 3. The van der Waals surface area contributed by atoms with Gasteiger partial charge < -0.3 is 30.7 Å². The molecule has 1 aromatic carbocycles. The molecule has 1 saturated heterocycles. The summed E-state index contributed by atoms with van der Waals surface area (Å²) in [7, 11) is 0. The molecule has 1 aromatic rings. The number of benzene rings is 1. The Labute approximate surface area is 234 Å². The van der Waals surface area contributed by atoms with Gasteiger partial charge in [-0.25, -0.2) is 4.39 Å². The molecule has 0 spiro atoms. The van der Waals surface area contributed by atoms with Crippen molar-refractivity contribution in [2.24, 2.45) is 17.3 Å². The van der Waals surface area contributed by atoms with Crippen LogP contribution in [0.4, 0.5) is 18.9 Å². The second-order valence-corrected chi connectivity index (χ2v) is 12.0. The van der Waals surface area contributed by atoms with E-state index >= 15 is 0 Å². The standard InChI is InChI=1S/C27H32F3N5O6/c1-25(2)14-11-35(23(38)20(26(3,4)40)34-24(39)27(5,29)30)19(18(14)25)22(37)32-13(10-31)9-17-21(36)33-15-8-12(28)6-7-16(15)41-17/h6-8,13-14,17-20,40H,9,11H2,1-5H3,(H,32,37)(H,33,36)(H,34,39)/t13?,14?,17-,18?,19?,20?/m0/s1. The zero-order valence-corrected chi connectivity index (χ0v) is 23.1. The average molecular weight is 580 g/mol. The molecule has 1 aliphatic carbocycles. The number of anilines is 1. The van der Waals surface area contributed by atoms with Crippen molar-refractivity contribution in [2.75, 3.05) is 11.9 Å². The van der Waals surface area contributed by atoms with Gasteiger partial charge in [-0.3, -0.25) is 19.2 Å². The highest BCUT2D eigenvalue weighted by Gasteiger charge is 2.70. The van der Waals surface area contributed by atoms with Crippen LogP contribution in [0.3, 0.4) is 0 Å². The molecule has 3 aliphatic rings. The van der Waals surface area contributed by atoms with Gasteiger partial charge in [0.1, 0.15) is 29.7 Å². The van der Waals surface area contributed by atoms with E-state index in [1.54, 1.807) is 0 Å². The van der Waals surface area contributed by atoms with Crippen LogP contribution >= 0.6 is 0 Å². The minimum absolute atomic E-state index is 0.0677. The van der Waals surface area contributed by atoms with Gasteiger partial charge in [0.15, 0.2) is 6.10 Å². The number of alkyl halides is 2. The molecule has 4 rings (SSSR count). The van der Waals surface area contributed by atoms with Crippen molar-refractivity contribution in [1.82, 2.24) is 15.5 Å². The molecule has 222 valence electrons. The third-order valence-electron chi connectivity index (χ3n) is 8.07. The molecule has 14 heteroatoms. The Balaban J connectivity index is 1.51. The number of carbonyl (C=O) groups is 4. The quantitative estimate of drug-likeness (QED) is 0.361. The molecule has 2 fully saturated rings. The van der Waals surface area contributed by atoms with E-state index in [1.165, 1.54) is 19.9 Å². The van der Waals surface area contributed by atoms with E-state index in [0.29, 0.717) is 6.92 Å². The molecule has 0 bridgehead atoms. The lowest BCUT2D eigenvalue weighted by Gasteiger charge is -2.37. The molecule has 4 N–H and O–H groups in total. The molecular formula is C27H32F3N5O6. The van der Waals surface area contributed by atoms with Crippen LogP contribution in [-0.2, 0) is 19.2 Å². The van der Waals surface area contributed by atoms with E-state index in [9.17, 15) is 42.7 Å². The largest absolute Gasteiger partial charge is 0.478 e. The number of hydrogen-bond donors (Lipinski definition) is 4. The van der Waals surface area contributed by atoms with Crippen molar-refractivity contribution in [1.29, 1.82) is 5.26 Å². The predicted molar refractivity (Wildman–Crippen MR) is 137 cm³/mol. The van der Waals surface area contributed by atoms with Crippen LogP contribution in [0, 0.1) is 34.4 Å². The summed E-state index contributed by atoms with van der Waals surface area (Å²) < 4.78 is 46.3. The molecule has 0 radical (unpaired) electrons. The number of likely N-dealkylation sites (tertiary alicyclic amines) is 1. The van der Waals surface area contributed by atoms with Crippen molar-refractivity contribution in [3.63, 3.8) is 0 Å². The Morgan fingerprint density at radius 3 is 2.51 bits per heavy atom. The minimum atomic E-state index is -3.82. The molecule has 6 atom stereocenters. The van der Waals surface area contributed by atoms with Crippen LogP contribution in [0.1, 0.15) is 41.0 Å². The van der Waals surface area contributed by atoms with Gasteiger partial charge in [0.25, 0.3) is 11.8 Å². The van der Waals surface area contributed by atoms with E-state index in [0.717, 1.165) is 17.0 Å².